The van der Waals surface area contributed by atoms with E-state index in [0.717, 1.165) is 18.8 Å². The number of hydrogen-bond acceptors (Lipinski definition) is 2. The van der Waals surface area contributed by atoms with Crippen LogP contribution in [0.5, 0.6) is 0 Å². The molecule has 0 radical (unpaired) electrons. The maximum atomic E-state index is 5.99. The molecule has 1 saturated heterocycles. The molecule has 0 amide bonds. The molecule has 1 aromatic rings. The highest BCUT2D eigenvalue weighted by Crippen LogP contribution is 2.09. The Kier molecular flexibility index (Phi) is 3.96. The van der Waals surface area contributed by atoms with E-state index in [0.29, 0.717) is 12.5 Å². The lowest BCUT2D eigenvalue weighted by Gasteiger charge is -2.27. The van der Waals surface area contributed by atoms with Crippen LogP contribution in [0.4, 0.5) is 0 Å². The van der Waals surface area contributed by atoms with Gasteiger partial charge in [0.15, 0.2) is 5.96 Å². The minimum atomic E-state index is 0.578. The van der Waals surface area contributed by atoms with E-state index >= 15 is 0 Å². The van der Waals surface area contributed by atoms with Crippen LogP contribution in [0.1, 0.15) is 30.5 Å². The van der Waals surface area contributed by atoms with Crippen molar-refractivity contribution in [3.8, 4) is 0 Å². The SMILES string of the molecule is Cc1cccnc1CN=C(N)N1CCCCC1. The summed E-state index contributed by atoms with van der Waals surface area (Å²) in [6, 6.07) is 3.99. The Morgan fingerprint density at radius 1 is 1.41 bits per heavy atom. The summed E-state index contributed by atoms with van der Waals surface area (Å²) in [5.41, 5.74) is 8.17. The molecule has 1 fully saturated rings. The van der Waals surface area contributed by atoms with E-state index in [9.17, 15) is 0 Å². The molecule has 2 N–H and O–H groups in total. The molecule has 92 valence electrons. The number of rotatable bonds is 2. The number of nitrogens with zero attached hydrogens (tertiary/aromatic N) is 3. The topological polar surface area (TPSA) is 54.5 Å². The number of piperidine rings is 1. The van der Waals surface area contributed by atoms with Gasteiger partial charge in [-0.2, -0.15) is 0 Å². The normalized spacial score (nSPS) is 17.2. The summed E-state index contributed by atoms with van der Waals surface area (Å²) in [5.74, 6) is 0.662. The van der Waals surface area contributed by atoms with Crippen molar-refractivity contribution in [1.29, 1.82) is 0 Å². The Morgan fingerprint density at radius 3 is 2.88 bits per heavy atom. The Labute approximate surface area is 103 Å². The second-order valence-electron chi connectivity index (χ2n) is 4.49. The minimum Gasteiger partial charge on any atom is -0.370 e. The molecule has 17 heavy (non-hydrogen) atoms. The Morgan fingerprint density at radius 2 is 2.18 bits per heavy atom. The molecular weight excluding hydrogens is 212 g/mol. The van der Waals surface area contributed by atoms with Gasteiger partial charge in [0.25, 0.3) is 0 Å². The fourth-order valence-corrected chi connectivity index (χ4v) is 2.06. The lowest BCUT2D eigenvalue weighted by Crippen LogP contribution is -2.40. The van der Waals surface area contributed by atoms with E-state index in [1.165, 1.54) is 24.8 Å². The number of likely N-dealkylation sites (tertiary alicyclic amines) is 1. The lowest BCUT2D eigenvalue weighted by atomic mass is 10.1. The standard InChI is InChI=1S/C13H20N4/c1-11-6-5-7-15-12(11)10-16-13(14)17-8-3-2-4-9-17/h5-7H,2-4,8-10H2,1H3,(H2,14,16). The van der Waals surface area contributed by atoms with Crippen LogP contribution in [0.15, 0.2) is 23.3 Å². The lowest BCUT2D eigenvalue weighted by molar-refractivity contribution is 0.338. The maximum Gasteiger partial charge on any atom is 0.191 e. The molecular formula is C13H20N4. The van der Waals surface area contributed by atoms with E-state index in [2.05, 4.69) is 27.9 Å². The molecule has 1 aliphatic heterocycles. The maximum absolute atomic E-state index is 5.99. The highest BCUT2D eigenvalue weighted by atomic mass is 15.3. The summed E-state index contributed by atoms with van der Waals surface area (Å²) in [7, 11) is 0. The first-order chi connectivity index (χ1) is 8.27. The molecule has 2 rings (SSSR count). The van der Waals surface area contributed by atoms with Crippen molar-refractivity contribution < 1.29 is 0 Å². The zero-order valence-corrected chi connectivity index (χ0v) is 10.4. The fraction of sp³-hybridized carbons (Fsp3) is 0.538. The molecule has 0 atom stereocenters. The predicted molar refractivity (Wildman–Crippen MR) is 69.7 cm³/mol. The van der Waals surface area contributed by atoms with Crippen molar-refractivity contribution in [3.63, 3.8) is 0 Å². The largest absolute Gasteiger partial charge is 0.370 e. The molecule has 0 bridgehead atoms. The van der Waals surface area contributed by atoms with Crippen LogP contribution in [0, 0.1) is 6.92 Å². The quantitative estimate of drug-likeness (QED) is 0.623. The summed E-state index contributed by atoms with van der Waals surface area (Å²) in [6.07, 6.45) is 5.55. The van der Waals surface area contributed by atoms with Crippen molar-refractivity contribution in [3.05, 3.63) is 29.6 Å². The van der Waals surface area contributed by atoms with E-state index in [-0.39, 0.29) is 0 Å². The molecule has 2 heterocycles. The van der Waals surface area contributed by atoms with Gasteiger partial charge in [-0.3, -0.25) is 4.98 Å². The number of guanidine groups is 1. The molecule has 0 saturated carbocycles. The number of pyridine rings is 1. The molecule has 1 aromatic heterocycles. The fourth-order valence-electron chi connectivity index (χ4n) is 2.06. The van der Waals surface area contributed by atoms with Crippen LogP contribution in [0.3, 0.4) is 0 Å². The second-order valence-corrected chi connectivity index (χ2v) is 4.49. The average Bonchev–Trinajstić information content (AvgIpc) is 2.38. The van der Waals surface area contributed by atoms with Crippen molar-refractivity contribution in [1.82, 2.24) is 9.88 Å². The summed E-state index contributed by atoms with van der Waals surface area (Å²) in [6.45, 7) is 4.71. The number of aromatic nitrogens is 1. The summed E-state index contributed by atoms with van der Waals surface area (Å²) < 4.78 is 0. The van der Waals surface area contributed by atoms with Gasteiger partial charge in [0, 0.05) is 19.3 Å². The number of aliphatic imine (C=N–C) groups is 1. The first-order valence-corrected chi connectivity index (χ1v) is 6.23. The Balaban J connectivity index is 1.97. The zero-order valence-electron chi connectivity index (χ0n) is 10.4. The third-order valence-electron chi connectivity index (χ3n) is 3.19. The minimum absolute atomic E-state index is 0.578. The van der Waals surface area contributed by atoms with Gasteiger partial charge in [-0.1, -0.05) is 6.07 Å². The van der Waals surface area contributed by atoms with Crippen molar-refractivity contribution in [2.24, 2.45) is 10.7 Å². The van der Waals surface area contributed by atoms with Crippen LogP contribution in [-0.4, -0.2) is 28.9 Å². The van der Waals surface area contributed by atoms with Crippen LogP contribution >= 0.6 is 0 Å². The van der Waals surface area contributed by atoms with Gasteiger partial charge in [-0.15, -0.1) is 0 Å². The number of nitrogens with two attached hydrogens (primary N) is 1. The third kappa shape index (κ3) is 3.19. The van der Waals surface area contributed by atoms with Gasteiger partial charge in [0.05, 0.1) is 12.2 Å². The molecule has 0 aliphatic carbocycles. The van der Waals surface area contributed by atoms with Gasteiger partial charge in [-0.25, -0.2) is 4.99 Å². The van der Waals surface area contributed by atoms with E-state index in [1.54, 1.807) is 6.20 Å². The van der Waals surface area contributed by atoms with Crippen molar-refractivity contribution in [2.75, 3.05) is 13.1 Å². The Hall–Kier alpha value is -1.58. The van der Waals surface area contributed by atoms with Crippen LogP contribution < -0.4 is 5.73 Å². The summed E-state index contributed by atoms with van der Waals surface area (Å²) in [5, 5.41) is 0. The number of hydrogen-bond donors (Lipinski definition) is 1. The molecule has 4 heteroatoms. The van der Waals surface area contributed by atoms with Crippen LogP contribution in [-0.2, 0) is 6.54 Å². The number of aryl methyl sites for hydroxylation is 1. The van der Waals surface area contributed by atoms with E-state index in [1.807, 2.05) is 6.07 Å². The van der Waals surface area contributed by atoms with Gasteiger partial charge >= 0.3 is 0 Å². The summed E-state index contributed by atoms with van der Waals surface area (Å²) >= 11 is 0. The van der Waals surface area contributed by atoms with Gasteiger partial charge in [0.1, 0.15) is 0 Å². The monoisotopic (exact) mass is 232 g/mol. The Bertz CT molecular complexity index is 394. The molecule has 4 nitrogen and oxygen atoms in total. The molecule has 0 spiro atoms. The van der Waals surface area contributed by atoms with Crippen LogP contribution in [0.25, 0.3) is 0 Å². The third-order valence-corrected chi connectivity index (χ3v) is 3.19. The predicted octanol–water partition coefficient (Wildman–Crippen LogP) is 1.69. The van der Waals surface area contributed by atoms with Gasteiger partial charge < -0.3 is 10.6 Å². The molecule has 0 unspecified atom stereocenters. The van der Waals surface area contributed by atoms with Crippen molar-refractivity contribution >= 4 is 5.96 Å². The second kappa shape index (κ2) is 5.66. The van der Waals surface area contributed by atoms with E-state index in [4.69, 9.17) is 5.73 Å². The molecule has 0 aromatic carbocycles. The van der Waals surface area contributed by atoms with Crippen LogP contribution in [0.2, 0.25) is 0 Å². The molecule has 1 aliphatic rings. The van der Waals surface area contributed by atoms with Gasteiger partial charge in [-0.05, 0) is 37.8 Å². The highest BCUT2D eigenvalue weighted by molar-refractivity contribution is 5.78. The first kappa shape index (κ1) is 11.9. The summed E-state index contributed by atoms with van der Waals surface area (Å²) in [4.78, 5) is 10.9. The average molecular weight is 232 g/mol. The van der Waals surface area contributed by atoms with E-state index < -0.39 is 0 Å². The van der Waals surface area contributed by atoms with Gasteiger partial charge in [0.2, 0.25) is 0 Å². The smallest absolute Gasteiger partial charge is 0.191 e. The zero-order chi connectivity index (χ0) is 12.1. The highest BCUT2D eigenvalue weighted by Gasteiger charge is 2.11. The first-order valence-electron chi connectivity index (χ1n) is 6.23. The van der Waals surface area contributed by atoms with Crippen molar-refractivity contribution in [2.45, 2.75) is 32.7 Å².